The minimum absolute atomic E-state index is 0.222. The third-order valence-corrected chi connectivity index (χ3v) is 3.53. The number of nitriles is 1. The van der Waals surface area contributed by atoms with Crippen molar-refractivity contribution in [2.24, 2.45) is 11.5 Å². The highest BCUT2D eigenvalue weighted by atomic mass is 32.1. The SMILES string of the molecule is N#Cc1ccc(NC(N)=S)cc1.NC(=S)Nc1cccc2ccccc12. The van der Waals surface area contributed by atoms with Crippen LogP contribution in [0.5, 0.6) is 0 Å². The third kappa shape index (κ3) is 5.70. The van der Waals surface area contributed by atoms with E-state index >= 15 is 0 Å². The number of hydrogen-bond donors (Lipinski definition) is 4. The lowest BCUT2D eigenvalue weighted by Gasteiger charge is -2.07. The molecule has 130 valence electrons. The molecule has 0 aliphatic heterocycles. The minimum Gasteiger partial charge on any atom is -0.376 e. The van der Waals surface area contributed by atoms with E-state index in [9.17, 15) is 0 Å². The second-order valence-corrected chi connectivity index (χ2v) is 6.07. The largest absolute Gasteiger partial charge is 0.376 e. The molecule has 0 amide bonds. The molecule has 0 atom stereocenters. The Bertz CT molecular complexity index is 956. The van der Waals surface area contributed by atoms with Gasteiger partial charge in [-0.3, -0.25) is 0 Å². The lowest BCUT2D eigenvalue weighted by molar-refractivity contribution is 1.48. The van der Waals surface area contributed by atoms with Crippen molar-refractivity contribution >= 4 is 56.8 Å². The summed E-state index contributed by atoms with van der Waals surface area (Å²) in [7, 11) is 0. The van der Waals surface area contributed by atoms with Gasteiger partial charge in [-0.05, 0) is 60.2 Å². The van der Waals surface area contributed by atoms with Gasteiger partial charge in [0.15, 0.2) is 10.2 Å². The number of nitrogens with zero attached hydrogens (tertiary/aromatic N) is 1. The fourth-order valence-electron chi connectivity index (χ4n) is 2.24. The van der Waals surface area contributed by atoms with E-state index in [4.69, 9.17) is 28.9 Å². The van der Waals surface area contributed by atoms with Gasteiger partial charge in [0.1, 0.15) is 0 Å². The Morgan fingerprint density at radius 2 is 1.42 bits per heavy atom. The Morgan fingerprint density at radius 3 is 2.04 bits per heavy atom. The third-order valence-electron chi connectivity index (χ3n) is 3.33. The second kappa shape index (κ2) is 9.32. The smallest absolute Gasteiger partial charge is 0.168 e. The van der Waals surface area contributed by atoms with Gasteiger partial charge in [0, 0.05) is 16.8 Å². The first kappa shape index (κ1) is 19.1. The number of nitrogens with one attached hydrogen (secondary N) is 2. The second-order valence-electron chi connectivity index (χ2n) is 5.19. The highest BCUT2D eigenvalue weighted by Gasteiger charge is 1.99. The summed E-state index contributed by atoms with van der Waals surface area (Å²) in [6.45, 7) is 0. The van der Waals surface area contributed by atoms with E-state index in [0.717, 1.165) is 16.8 Å². The molecule has 0 aromatic heterocycles. The molecule has 3 aromatic carbocycles. The number of anilines is 2. The maximum atomic E-state index is 8.49. The molecule has 5 nitrogen and oxygen atoms in total. The molecule has 6 N–H and O–H groups in total. The summed E-state index contributed by atoms with van der Waals surface area (Å²) >= 11 is 9.45. The van der Waals surface area contributed by atoms with Crippen molar-refractivity contribution in [2.75, 3.05) is 10.6 Å². The van der Waals surface area contributed by atoms with E-state index in [1.807, 2.05) is 36.4 Å². The molecule has 3 aromatic rings. The number of hydrogen-bond acceptors (Lipinski definition) is 3. The molecule has 0 radical (unpaired) electrons. The van der Waals surface area contributed by atoms with E-state index in [1.165, 1.54) is 5.39 Å². The highest BCUT2D eigenvalue weighted by Crippen LogP contribution is 2.22. The molecular weight excluding hydrogens is 362 g/mol. The van der Waals surface area contributed by atoms with E-state index in [1.54, 1.807) is 24.3 Å². The van der Waals surface area contributed by atoms with Crippen LogP contribution in [0.2, 0.25) is 0 Å². The number of rotatable bonds is 2. The topological polar surface area (TPSA) is 99.9 Å². The summed E-state index contributed by atoms with van der Waals surface area (Å²) in [6.07, 6.45) is 0. The summed E-state index contributed by atoms with van der Waals surface area (Å²) in [5.74, 6) is 0. The van der Waals surface area contributed by atoms with Gasteiger partial charge in [-0.25, -0.2) is 0 Å². The first-order valence-electron chi connectivity index (χ1n) is 7.60. The van der Waals surface area contributed by atoms with Crippen LogP contribution in [-0.4, -0.2) is 10.2 Å². The summed E-state index contributed by atoms with van der Waals surface area (Å²) in [6, 6.07) is 23.0. The van der Waals surface area contributed by atoms with Crippen LogP contribution in [0, 0.1) is 11.3 Å². The summed E-state index contributed by atoms with van der Waals surface area (Å²) in [4.78, 5) is 0. The van der Waals surface area contributed by atoms with Gasteiger partial charge < -0.3 is 22.1 Å². The number of thiocarbonyl (C=S) groups is 2. The molecule has 0 spiro atoms. The number of nitrogens with two attached hydrogens (primary N) is 2. The van der Waals surface area contributed by atoms with Crippen molar-refractivity contribution < 1.29 is 0 Å². The van der Waals surface area contributed by atoms with Crippen molar-refractivity contribution in [1.29, 1.82) is 5.26 Å². The molecule has 26 heavy (non-hydrogen) atoms. The Kier molecular flexibility index (Phi) is 6.85. The Balaban J connectivity index is 0.000000190. The predicted octanol–water partition coefficient (Wildman–Crippen LogP) is 3.71. The average Bonchev–Trinajstić information content (AvgIpc) is 2.62. The summed E-state index contributed by atoms with van der Waals surface area (Å²) in [5, 5.41) is 17.0. The molecule has 0 saturated carbocycles. The molecule has 0 heterocycles. The maximum absolute atomic E-state index is 8.49. The monoisotopic (exact) mass is 379 g/mol. The zero-order valence-corrected chi connectivity index (χ0v) is 15.4. The van der Waals surface area contributed by atoms with Crippen molar-refractivity contribution in [3.8, 4) is 6.07 Å². The fourth-order valence-corrected chi connectivity index (χ4v) is 2.47. The van der Waals surface area contributed by atoms with Crippen molar-refractivity contribution in [1.82, 2.24) is 0 Å². The van der Waals surface area contributed by atoms with Gasteiger partial charge in [0.2, 0.25) is 0 Å². The van der Waals surface area contributed by atoms with Crippen LogP contribution in [0.4, 0.5) is 11.4 Å². The van der Waals surface area contributed by atoms with Gasteiger partial charge in [-0.2, -0.15) is 5.26 Å². The minimum atomic E-state index is 0.222. The van der Waals surface area contributed by atoms with Gasteiger partial charge in [0.05, 0.1) is 11.6 Å². The quantitative estimate of drug-likeness (QED) is 0.504. The molecule has 0 aliphatic rings. The van der Waals surface area contributed by atoms with Crippen LogP contribution in [-0.2, 0) is 0 Å². The lowest BCUT2D eigenvalue weighted by Crippen LogP contribution is -2.18. The molecule has 3 rings (SSSR count). The van der Waals surface area contributed by atoms with Crippen LogP contribution >= 0.6 is 24.4 Å². The van der Waals surface area contributed by atoms with Crippen molar-refractivity contribution in [3.63, 3.8) is 0 Å². The van der Waals surface area contributed by atoms with Crippen LogP contribution in [0.15, 0.2) is 66.7 Å². The van der Waals surface area contributed by atoms with Gasteiger partial charge in [-0.1, -0.05) is 36.4 Å². The molecule has 0 unspecified atom stereocenters. The van der Waals surface area contributed by atoms with E-state index in [0.29, 0.717) is 10.7 Å². The molecule has 0 bridgehead atoms. The summed E-state index contributed by atoms with van der Waals surface area (Å²) < 4.78 is 0. The maximum Gasteiger partial charge on any atom is 0.168 e. The number of fused-ring (bicyclic) bond motifs is 1. The Morgan fingerprint density at radius 1 is 0.808 bits per heavy atom. The van der Waals surface area contributed by atoms with Crippen LogP contribution in [0.25, 0.3) is 10.8 Å². The van der Waals surface area contributed by atoms with E-state index in [2.05, 4.69) is 35.0 Å². The number of benzene rings is 3. The molecule has 0 saturated heterocycles. The van der Waals surface area contributed by atoms with Crippen LogP contribution in [0.3, 0.4) is 0 Å². The zero-order valence-electron chi connectivity index (χ0n) is 13.8. The highest BCUT2D eigenvalue weighted by molar-refractivity contribution is 7.80. The Labute approximate surface area is 162 Å². The van der Waals surface area contributed by atoms with E-state index < -0.39 is 0 Å². The Hall–Kier alpha value is -3.21. The van der Waals surface area contributed by atoms with Gasteiger partial charge in [-0.15, -0.1) is 0 Å². The zero-order chi connectivity index (χ0) is 18.9. The van der Waals surface area contributed by atoms with Crippen molar-refractivity contribution in [3.05, 3.63) is 72.3 Å². The van der Waals surface area contributed by atoms with Gasteiger partial charge in [0.25, 0.3) is 0 Å². The van der Waals surface area contributed by atoms with Gasteiger partial charge >= 0.3 is 0 Å². The fraction of sp³-hybridized carbons (Fsp3) is 0. The molecule has 0 fully saturated rings. The average molecular weight is 380 g/mol. The first-order chi connectivity index (χ1) is 12.5. The lowest BCUT2D eigenvalue weighted by atomic mass is 10.1. The normalized spacial score (nSPS) is 9.35. The predicted molar refractivity (Wildman–Crippen MR) is 116 cm³/mol. The first-order valence-corrected chi connectivity index (χ1v) is 8.42. The molecule has 7 heteroatoms. The van der Waals surface area contributed by atoms with Crippen molar-refractivity contribution in [2.45, 2.75) is 0 Å². The van der Waals surface area contributed by atoms with Crippen LogP contribution in [0.1, 0.15) is 5.56 Å². The summed E-state index contributed by atoms with van der Waals surface area (Å²) in [5.41, 5.74) is 13.0. The molecular formula is C19H17N5S2. The van der Waals surface area contributed by atoms with Crippen LogP contribution < -0.4 is 22.1 Å². The molecule has 0 aliphatic carbocycles. The standard InChI is InChI=1S/C11H10N2S.C8H7N3S/c12-11(14)13-10-7-3-5-8-4-1-2-6-9(8)10;9-5-6-1-3-7(4-2-6)11-8(10)12/h1-7H,(H3,12,13,14);1-4H,(H3,10,11,12). The van der Waals surface area contributed by atoms with E-state index in [-0.39, 0.29) is 5.11 Å².